The molecule has 0 spiro atoms. The molecule has 0 radical (unpaired) electrons. The Morgan fingerprint density at radius 1 is 1.41 bits per heavy atom. The molecular formula is C19H17ClF3N3O2S. The number of benzene rings is 1. The van der Waals surface area contributed by atoms with Gasteiger partial charge in [0.1, 0.15) is 5.82 Å². The lowest BCUT2D eigenvalue weighted by Gasteiger charge is -2.12. The number of nitrogens with one attached hydrogen (secondary N) is 2. The van der Waals surface area contributed by atoms with Crippen molar-refractivity contribution in [2.45, 2.75) is 31.5 Å². The van der Waals surface area contributed by atoms with E-state index in [-0.39, 0.29) is 28.8 Å². The van der Waals surface area contributed by atoms with Crippen LogP contribution in [-0.2, 0) is 4.79 Å². The molecule has 1 amide bonds. The number of hydrogen-bond donors (Lipinski definition) is 2. The lowest BCUT2D eigenvalue weighted by molar-refractivity contribution is -0.152. The molecule has 0 bridgehead atoms. The van der Waals surface area contributed by atoms with Gasteiger partial charge in [-0.25, -0.2) is 4.98 Å². The van der Waals surface area contributed by atoms with Crippen LogP contribution in [0.4, 0.5) is 13.2 Å². The molecular weight excluding hydrogens is 427 g/mol. The number of nitrogens with zero attached hydrogens (tertiary/aromatic N) is 1. The van der Waals surface area contributed by atoms with Crippen molar-refractivity contribution in [3.63, 3.8) is 0 Å². The Labute approximate surface area is 173 Å². The van der Waals surface area contributed by atoms with Crippen LogP contribution in [0.1, 0.15) is 36.0 Å². The Kier molecular flexibility index (Phi) is 5.20. The Balaban J connectivity index is 1.34. The molecule has 29 heavy (non-hydrogen) atoms. The maximum Gasteiger partial charge on any atom is 0.422 e. The van der Waals surface area contributed by atoms with Gasteiger partial charge < -0.3 is 15.0 Å². The summed E-state index contributed by atoms with van der Waals surface area (Å²) in [5, 5.41) is 3.69. The van der Waals surface area contributed by atoms with Crippen molar-refractivity contribution in [1.29, 1.82) is 0 Å². The molecule has 0 saturated heterocycles. The molecule has 1 fully saturated rings. The van der Waals surface area contributed by atoms with E-state index < -0.39 is 12.8 Å². The predicted molar refractivity (Wildman–Crippen MR) is 104 cm³/mol. The fourth-order valence-electron chi connectivity index (χ4n) is 3.15. The number of thiophene rings is 1. The molecule has 1 aliphatic rings. The topological polar surface area (TPSA) is 67.0 Å². The van der Waals surface area contributed by atoms with E-state index >= 15 is 0 Å². The Morgan fingerprint density at radius 3 is 2.97 bits per heavy atom. The van der Waals surface area contributed by atoms with Gasteiger partial charge in [-0.3, -0.25) is 4.79 Å². The van der Waals surface area contributed by atoms with Gasteiger partial charge in [0.05, 0.1) is 17.1 Å². The fourth-order valence-corrected chi connectivity index (χ4v) is 4.17. The number of rotatable bonds is 6. The van der Waals surface area contributed by atoms with E-state index in [1.165, 1.54) is 6.07 Å². The van der Waals surface area contributed by atoms with Gasteiger partial charge in [0.25, 0.3) is 0 Å². The third-order valence-electron chi connectivity index (χ3n) is 4.71. The van der Waals surface area contributed by atoms with Gasteiger partial charge in [-0.1, -0.05) is 11.6 Å². The highest BCUT2D eigenvalue weighted by atomic mass is 35.5. The zero-order chi connectivity index (χ0) is 20.8. The minimum Gasteiger partial charge on any atom is -0.475 e. The fraction of sp³-hybridized carbons (Fsp3) is 0.368. The first-order valence-electron chi connectivity index (χ1n) is 8.94. The van der Waals surface area contributed by atoms with Crippen LogP contribution >= 0.6 is 22.9 Å². The molecule has 5 nitrogen and oxygen atoms in total. The summed E-state index contributed by atoms with van der Waals surface area (Å²) in [6, 6.07) is 8.21. The van der Waals surface area contributed by atoms with Crippen molar-refractivity contribution in [1.82, 2.24) is 15.3 Å². The molecule has 3 aromatic rings. The number of halogens is 4. The molecule has 0 unspecified atom stereocenters. The number of imidazole rings is 1. The predicted octanol–water partition coefficient (Wildman–Crippen LogP) is 5.20. The van der Waals surface area contributed by atoms with Gasteiger partial charge in [-0.15, -0.1) is 11.3 Å². The smallest absolute Gasteiger partial charge is 0.422 e. The van der Waals surface area contributed by atoms with E-state index in [9.17, 15) is 18.0 Å². The molecule has 3 atom stereocenters. The molecule has 2 aromatic heterocycles. The van der Waals surface area contributed by atoms with Crippen LogP contribution in [0.3, 0.4) is 0 Å². The van der Waals surface area contributed by atoms with Crippen molar-refractivity contribution in [3.05, 3.63) is 46.1 Å². The zero-order valence-electron chi connectivity index (χ0n) is 15.2. The normalized spacial score (nSPS) is 19.9. The van der Waals surface area contributed by atoms with Crippen molar-refractivity contribution in [3.8, 4) is 5.06 Å². The molecule has 4 rings (SSSR count). The van der Waals surface area contributed by atoms with E-state index in [2.05, 4.69) is 15.3 Å². The summed E-state index contributed by atoms with van der Waals surface area (Å²) in [5.41, 5.74) is 1.63. The number of aromatic nitrogens is 2. The molecule has 1 aromatic carbocycles. The number of fused-ring (bicyclic) bond motifs is 1. The quantitative estimate of drug-likeness (QED) is 0.550. The van der Waals surface area contributed by atoms with Gasteiger partial charge in [0.2, 0.25) is 5.91 Å². The number of hydrogen-bond acceptors (Lipinski definition) is 4. The monoisotopic (exact) mass is 443 g/mol. The summed E-state index contributed by atoms with van der Waals surface area (Å²) in [7, 11) is 0. The standard InChI is InChI=1S/C19H17ClF3N3O2S/c1-9(15-4-5-16(29-15)28-8-19(21,22)23)24-18(27)12-7-11(12)17-25-13-3-2-10(20)6-14(13)26-17/h2-6,9,11-12H,7-8H2,1H3,(H,24,27)(H,25,26)/t9-,11-,12-/m1/s1. The zero-order valence-corrected chi connectivity index (χ0v) is 16.8. The highest BCUT2D eigenvalue weighted by molar-refractivity contribution is 7.13. The summed E-state index contributed by atoms with van der Waals surface area (Å²) < 4.78 is 41.5. The minimum absolute atomic E-state index is 0.0161. The lowest BCUT2D eigenvalue weighted by atomic mass is 10.2. The highest BCUT2D eigenvalue weighted by Crippen LogP contribution is 2.47. The first-order valence-corrected chi connectivity index (χ1v) is 10.1. The van der Waals surface area contributed by atoms with E-state index in [0.717, 1.165) is 33.1 Å². The number of carbonyl (C=O) groups is 1. The number of ether oxygens (including phenoxy) is 1. The molecule has 0 aliphatic heterocycles. The van der Waals surface area contributed by atoms with Crippen LogP contribution < -0.4 is 10.1 Å². The molecule has 2 heterocycles. The van der Waals surface area contributed by atoms with E-state index in [1.54, 1.807) is 25.1 Å². The summed E-state index contributed by atoms with van der Waals surface area (Å²) in [5.74, 6) is 0.484. The van der Waals surface area contributed by atoms with Crippen LogP contribution in [0, 0.1) is 5.92 Å². The molecule has 1 aliphatic carbocycles. The summed E-state index contributed by atoms with van der Waals surface area (Å²) >= 11 is 7.07. The van der Waals surface area contributed by atoms with Gasteiger partial charge in [0, 0.05) is 21.7 Å². The Hall–Kier alpha value is -2.26. The number of alkyl halides is 3. The van der Waals surface area contributed by atoms with Gasteiger partial charge in [0.15, 0.2) is 11.7 Å². The van der Waals surface area contributed by atoms with Gasteiger partial charge >= 0.3 is 6.18 Å². The van der Waals surface area contributed by atoms with Crippen molar-refractivity contribution in [2.75, 3.05) is 6.61 Å². The second-order valence-corrected chi connectivity index (χ2v) is 8.54. The Morgan fingerprint density at radius 2 is 2.21 bits per heavy atom. The maximum absolute atomic E-state index is 12.6. The SMILES string of the molecule is C[C@@H](NC(=O)[C@@H]1C[C@H]1c1nc2cc(Cl)ccc2[nH]1)c1ccc(OCC(F)(F)F)s1. The number of carbonyl (C=O) groups excluding carboxylic acids is 1. The van der Waals surface area contributed by atoms with E-state index in [1.807, 2.05) is 6.07 Å². The van der Waals surface area contributed by atoms with Gasteiger partial charge in [-0.2, -0.15) is 13.2 Å². The molecule has 154 valence electrons. The van der Waals surface area contributed by atoms with Crippen LogP contribution in [0.5, 0.6) is 5.06 Å². The molecule has 1 saturated carbocycles. The maximum atomic E-state index is 12.6. The van der Waals surface area contributed by atoms with Crippen LogP contribution in [0.25, 0.3) is 11.0 Å². The average Bonchev–Trinajstić information content (AvgIpc) is 3.11. The van der Waals surface area contributed by atoms with Crippen molar-refractivity contribution >= 4 is 39.9 Å². The first-order chi connectivity index (χ1) is 13.7. The third-order valence-corrected chi connectivity index (χ3v) is 6.12. The van der Waals surface area contributed by atoms with Crippen molar-refractivity contribution in [2.24, 2.45) is 5.92 Å². The van der Waals surface area contributed by atoms with Gasteiger partial charge in [-0.05, 0) is 43.7 Å². The molecule has 2 N–H and O–H groups in total. The second-order valence-electron chi connectivity index (χ2n) is 7.02. The largest absolute Gasteiger partial charge is 0.475 e. The van der Waals surface area contributed by atoms with Crippen LogP contribution in [0.15, 0.2) is 30.3 Å². The van der Waals surface area contributed by atoms with Crippen LogP contribution in [0.2, 0.25) is 5.02 Å². The number of amides is 1. The Bertz CT molecular complexity index is 1050. The van der Waals surface area contributed by atoms with Crippen molar-refractivity contribution < 1.29 is 22.7 Å². The number of aromatic amines is 1. The minimum atomic E-state index is -4.38. The summed E-state index contributed by atoms with van der Waals surface area (Å²) in [4.78, 5) is 21.0. The summed E-state index contributed by atoms with van der Waals surface area (Å²) in [6.45, 7) is 0.456. The number of H-pyrrole nitrogens is 1. The average molecular weight is 444 g/mol. The summed E-state index contributed by atoms with van der Waals surface area (Å²) in [6.07, 6.45) is -3.69. The highest BCUT2D eigenvalue weighted by Gasteiger charge is 2.46. The lowest BCUT2D eigenvalue weighted by Crippen LogP contribution is -2.28. The molecule has 10 heteroatoms. The first kappa shape index (κ1) is 20.0. The third kappa shape index (κ3) is 4.67. The van der Waals surface area contributed by atoms with E-state index in [4.69, 9.17) is 16.3 Å². The van der Waals surface area contributed by atoms with Crippen LogP contribution in [-0.4, -0.2) is 28.7 Å². The van der Waals surface area contributed by atoms with E-state index in [0.29, 0.717) is 11.4 Å². The second kappa shape index (κ2) is 7.53.